The van der Waals surface area contributed by atoms with Gasteiger partial charge in [0.15, 0.2) is 0 Å². The summed E-state index contributed by atoms with van der Waals surface area (Å²) in [6.45, 7) is 4.46. The monoisotopic (exact) mass is 367 g/mol. The lowest BCUT2D eigenvalue weighted by Gasteiger charge is -2.09. The van der Waals surface area contributed by atoms with E-state index in [9.17, 15) is 4.79 Å². The lowest BCUT2D eigenvalue weighted by Crippen LogP contribution is -2.32. The van der Waals surface area contributed by atoms with Crippen molar-refractivity contribution in [3.05, 3.63) is 65.7 Å². The van der Waals surface area contributed by atoms with Crippen molar-refractivity contribution in [1.82, 2.24) is 15.5 Å². The van der Waals surface area contributed by atoms with Crippen molar-refractivity contribution in [2.75, 3.05) is 6.54 Å². The minimum absolute atomic E-state index is 0.0407. The van der Waals surface area contributed by atoms with Crippen LogP contribution in [0.4, 0.5) is 0 Å². The van der Waals surface area contributed by atoms with Gasteiger partial charge in [0.1, 0.15) is 0 Å². The Hall–Kier alpha value is -2.60. The first-order valence-corrected chi connectivity index (χ1v) is 9.38. The maximum Gasteiger partial charge on any atom is 0.277 e. The molecule has 0 unspecified atom stereocenters. The Labute approximate surface area is 157 Å². The number of carbonyl (C=O) groups excluding carboxylic acids is 1. The molecule has 1 N–H and O–H groups in total. The van der Waals surface area contributed by atoms with E-state index in [2.05, 4.69) is 27.6 Å². The maximum absolute atomic E-state index is 12.2. The van der Waals surface area contributed by atoms with Gasteiger partial charge in [0.05, 0.1) is 5.25 Å². The molecule has 2 aromatic carbocycles. The van der Waals surface area contributed by atoms with E-state index in [0.717, 1.165) is 12.0 Å². The molecule has 0 saturated heterocycles. The zero-order chi connectivity index (χ0) is 18.4. The Morgan fingerprint density at radius 2 is 1.85 bits per heavy atom. The van der Waals surface area contributed by atoms with Crippen LogP contribution in [0, 0.1) is 6.92 Å². The molecule has 0 aliphatic carbocycles. The summed E-state index contributed by atoms with van der Waals surface area (Å²) in [6, 6.07) is 18.0. The number of aryl methyl sites for hydroxylation is 1. The third-order valence-electron chi connectivity index (χ3n) is 3.91. The lowest BCUT2D eigenvalue weighted by molar-refractivity contribution is -0.120. The van der Waals surface area contributed by atoms with Crippen LogP contribution in [0.3, 0.4) is 0 Å². The topological polar surface area (TPSA) is 68.0 Å². The number of hydrogen-bond acceptors (Lipinski definition) is 5. The first-order chi connectivity index (χ1) is 12.6. The Bertz CT molecular complexity index is 847. The first-order valence-electron chi connectivity index (χ1n) is 8.50. The molecule has 0 spiro atoms. The molecule has 3 rings (SSSR count). The average molecular weight is 367 g/mol. The fourth-order valence-electron chi connectivity index (χ4n) is 2.39. The van der Waals surface area contributed by atoms with Gasteiger partial charge in [0.2, 0.25) is 11.8 Å². The summed E-state index contributed by atoms with van der Waals surface area (Å²) in [5.41, 5.74) is 3.24. The molecule has 1 amide bonds. The second-order valence-corrected chi connectivity index (χ2v) is 7.32. The van der Waals surface area contributed by atoms with E-state index >= 15 is 0 Å². The quantitative estimate of drug-likeness (QED) is 0.642. The number of aromatic nitrogens is 2. The molecule has 6 heteroatoms. The van der Waals surface area contributed by atoms with Crippen LogP contribution < -0.4 is 5.32 Å². The van der Waals surface area contributed by atoms with Gasteiger partial charge < -0.3 is 9.73 Å². The molecule has 0 aliphatic rings. The van der Waals surface area contributed by atoms with E-state index in [1.165, 1.54) is 22.9 Å². The van der Waals surface area contributed by atoms with Gasteiger partial charge in [-0.2, -0.15) is 0 Å². The Kier molecular flexibility index (Phi) is 6.07. The molecule has 5 nitrogen and oxygen atoms in total. The summed E-state index contributed by atoms with van der Waals surface area (Å²) in [5.74, 6) is 0.421. The average Bonchev–Trinajstić information content (AvgIpc) is 3.11. The largest absolute Gasteiger partial charge is 0.411 e. The Balaban J connectivity index is 1.50. The van der Waals surface area contributed by atoms with E-state index in [1.807, 2.05) is 56.3 Å². The van der Waals surface area contributed by atoms with Crippen LogP contribution in [-0.4, -0.2) is 27.9 Å². The first kappa shape index (κ1) is 18.2. The molecule has 0 saturated carbocycles. The molecule has 0 bridgehead atoms. The molecule has 0 radical (unpaired) electrons. The zero-order valence-corrected chi connectivity index (χ0v) is 15.6. The number of amides is 1. The van der Waals surface area contributed by atoms with Crippen LogP contribution in [0.25, 0.3) is 11.5 Å². The highest BCUT2D eigenvalue weighted by molar-refractivity contribution is 8.00. The van der Waals surface area contributed by atoms with Crippen molar-refractivity contribution in [3.63, 3.8) is 0 Å². The smallest absolute Gasteiger partial charge is 0.277 e. The molecule has 134 valence electrons. The molecule has 0 aliphatic heterocycles. The van der Waals surface area contributed by atoms with Gasteiger partial charge in [-0.1, -0.05) is 59.8 Å². The van der Waals surface area contributed by atoms with E-state index < -0.39 is 0 Å². The van der Waals surface area contributed by atoms with Gasteiger partial charge in [-0.3, -0.25) is 4.79 Å². The summed E-state index contributed by atoms with van der Waals surface area (Å²) in [5, 5.41) is 11.1. The normalized spacial score (nSPS) is 11.9. The van der Waals surface area contributed by atoms with Crippen molar-refractivity contribution in [2.45, 2.75) is 30.7 Å². The number of thioether (sulfide) groups is 1. The van der Waals surface area contributed by atoms with Crippen molar-refractivity contribution in [1.29, 1.82) is 0 Å². The highest BCUT2D eigenvalue weighted by Crippen LogP contribution is 2.26. The van der Waals surface area contributed by atoms with Crippen molar-refractivity contribution < 1.29 is 9.21 Å². The number of nitrogens with one attached hydrogen (secondary N) is 1. The fraction of sp³-hybridized carbons (Fsp3) is 0.250. The molecule has 26 heavy (non-hydrogen) atoms. The molecule has 1 atom stereocenters. The second kappa shape index (κ2) is 8.67. The van der Waals surface area contributed by atoms with Crippen molar-refractivity contribution in [2.24, 2.45) is 0 Å². The van der Waals surface area contributed by atoms with Crippen LogP contribution in [0.5, 0.6) is 0 Å². The minimum Gasteiger partial charge on any atom is -0.411 e. The van der Waals surface area contributed by atoms with E-state index in [-0.39, 0.29) is 11.2 Å². The summed E-state index contributed by atoms with van der Waals surface area (Å²) in [6.07, 6.45) is 0.808. The molecular formula is C20H21N3O2S. The predicted molar refractivity (Wildman–Crippen MR) is 103 cm³/mol. The van der Waals surface area contributed by atoms with E-state index in [0.29, 0.717) is 17.7 Å². The minimum atomic E-state index is -0.308. The van der Waals surface area contributed by atoms with Crippen molar-refractivity contribution in [3.8, 4) is 11.5 Å². The van der Waals surface area contributed by atoms with Crippen LogP contribution in [0.1, 0.15) is 18.1 Å². The summed E-state index contributed by atoms with van der Waals surface area (Å²) < 4.78 is 5.66. The standard InChI is InChI=1S/C20H21N3O2S/c1-14-8-10-17(11-9-14)19-22-23-20(25-19)26-15(2)18(24)21-13-12-16-6-4-3-5-7-16/h3-11,15H,12-13H2,1-2H3,(H,21,24)/t15-/m0/s1. The van der Waals surface area contributed by atoms with Crippen LogP contribution >= 0.6 is 11.8 Å². The van der Waals surface area contributed by atoms with Crippen molar-refractivity contribution >= 4 is 17.7 Å². The molecule has 1 aromatic heterocycles. The third-order valence-corrected chi connectivity index (χ3v) is 4.84. The summed E-state index contributed by atoms with van der Waals surface area (Å²) in [7, 11) is 0. The van der Waals surface area contributed by atoms with Gasteiger partial charge >= 0.3 is 0 Å². The fourth-order valence-corrected chi connectivity index (χ4v) is 3.10. The van der Waals surface area contributed by atoms with Crippen LogP contribution in [0.15, 0.2) is 64.2 Å². The SMILES string of the molecule is Cc1ccc(-c2nnc(S[C@@H](C)C(=O)NCCc3ccccc3)o2)cc1. The van der Waals surface area contributed by atoms with Gasteiger partial charge in [-0.15, -0.1) is 10.2 Å². The molecular weight excluding hydrogens is 346 g/mol. The van der Waals surface area contributed by atoms with E-state index in [4.69, 9.17) is 4.42 Å². The van der Waals surface area contributed by atoms with Gasteiger partial charge in [-0.05, 0) is 38.0 Å². The molecule has 1 heterocycles. The lowest BCUT2D eigenvalue weighted by atomic mass is 10.1. The number of carbonyl (C=O) groups is 1. The Morgan fingerprint density at radius 1 is 1.12 bits per heavy atom. The summed E-state index contributed by atoms with van der Waals surface area (Å²) in [4.78, 5) is 12.2. The van der Waals surface area contributed by atoms with Crippen LogP contribution in [0.2, 0.25) is 0 Å². The Morgan fingerprint density at radius 3 is 2.58 bits per heavy atom. The molecule has 0 fully saturated rings. The third kappa shape index (κ3) is 4.95. The highest BCUT2D eigenvalue weighted by Gasteiger charge is 2.18. The maximum atomic E-state index is 12.2. The van der Waals surface area contributed by atoms with Gasteiger partial charge in [-0.25, -0.2) is 0 Å². The summed E-state index contributed by atoms with van der Waals surface area (Å²) >= 11 is 1.26. The molecule has 3 aromatic rings. The predicted octanol–water partition coefficient (Wildman–Crippen LogP) is 3.88. The number of rotatable bonds is 7. The number of benzene rings is 2. The van der Waals surface area contributed by atoms with Gasteiger partial charge in [0.25, 0.3) is 5.22 Å². The van der Waals surface area contributed by atoms with Crippen LogP contribution in [-0.2, 0) is 11.2 Å². The number of hydrogen-bond donors (Lipinski definition) is 1. The second-order valence-electron chi connectivity index (χ2n) is 6.03. The zero-order valence-electron chi connectivity index (χ0n) is 14.8. The van der Waals surface area contributed by atoms with Gasteiger partial charge in [0, 0.05) is 12.1 Å². The number of nitrogens with zero attached hydrogens (tertiary/aromatic N) is 2. The highest BCUT2D eigenvalue weighted by atomic mass is 32.2. The van der Waals surface area contributed by atoms with E-state index in [1.54, 1.807) is 0 Å².